The van der Waals surface area contributed by atoms with E-state index in [4.69, 9.17) is 0 Å². The van der Waals surface area contributed by atoms with Gasteiger partial charge in [-0.3, -0.25) is 19.2 Å². The third-order valence-electron chi connectivity index (χ3n) is 6.45. The van der Waals surface area contributed by atoms with Crippen LogP contribution in [0.5, 0.6) is 0 Å². The quantitative estimate of drug-likeness (QED) is 0.169. The van der Waals surface area contributed by atoms with Crippen LogP contribution in [-0.4, -0.2) is 53.8 Å². The van der Waals surface area contributed by atoms with Gasteiger partial charge in [-0.15, -0.1) is 11.8 Å². The van der Waals surface area contributed by atoms with Crippen LogP contribution in [0.25, 0.3) is 0 Å². The summed E-state index contributed by atoms with van der Waals surface area (Å²) >= 11 is 0.585. The Hall–Kier alpha value is -1.77. The van der Waals surface area contributed by atoms with E-state index in [0.717, 1.165) is 0 Å². The van der Waals surface area contributed by atoms with E-state index in [0.29, 0.717) is 63.1 Å². The third kappa shape index (κ3) is 7.62. The summed E-state index contributed by atoms with van der Waals surface area (Å²) in [4.78, 5) is 50.2. The lowest BCUT2D eigenvalue weighted by Gasteiger charge is -2.48. The highest BCUT2D eigenvalue weighted by atomic mass is 32.2. The Kier molecular flexibility index (Phi) is 13.7. The number of hydrogen-bond donors (Lipinski definition) is 4. The molecule has 2 unspecified atom stereocenters. The third-order valence-corrected chi connectivity index (χ3v) is 8.49. The van der Waals surface area contributed by atoms with Crippen LogP contribution < -0.4 is 0 Å². The summed E-state index contributed by atoms with van der Waals surface area (Å²) in [5.74, 6) is -5.38. The highest BCUT2D eigenvalue weighted by molar-refractivity contribution is 8.03. The number of carbonyl (C=O) groups is 4. The van der Waals surface area contributed by atoms with Crippen LogP contribution in [0.15, 0.2) is 0 Å². The summed E-state index contributed by atoms with van der Waals surface area (Å²) in [5, 5.41) is 40.9. The summed E-state index contributed by atoms with van der Waals surface area (Å²) in [6.07, 6.45) is 3.58. The maximum atomic E-state index is 13.0. The summed E-state index contributed by atoms with van der Waals surface area (Å²) in [6, 6.07) is 0. The predicted octanol–water partition coefficient (Wildman–Crippen LogP) is 5.67. The molecule has 0 aliphatic heterocycles. The van der Waals surface area contributed by atoms with Crippen molar-refractivity contribution >= 4 is 35.6 Å². The van der Waals surface area contributed by atoms with Crippen molar-refractivity contribution in [2.24, 2.45) is 5.41 Å². The molecule has 0 aliphatic carbocycles. The summed E-state index contributed by atoms with van der Waals surface area (Å²) in [7, 11) is 0. The van der Waals surface area contributed by atoms with E-state index in [1.165, 1.54) is 0 Å². The fraction of sp³-hybridized carbons (Fsp3) is 0.833. The first-order chi connectivity index (χ1) is 15.4. The number of carboxylic acids is 4. The van der Waals surface area contributed by atoms with Gasteiger partial charge in [0.15, 0.2) is 0 Å². The molecule has 0 radical (unpaired) electrons. The van der Waals surface area contributed by atoms with E-state index in [2.05, 4.69) is 0 Å². The van der Waals surface area contributed by atoms with Gasteiger partial charge < -0.3 is 20.4 Å². The topological polar surface area (TPSA) is 149 Å². The van der Waals surface area contributed by atoms with Gasteiger partial charge in [0.1, 0.15) is 9.49 Å². The van der Waals surface area contributed by atoms with E-state index in [-0.39, 0.29) is 25.7 Å². The zero-order valence-corrected chi connectivity index (χ0v) is 21.3. The Bertz CT molecular complexity index is 657. The van der Waals surface area contributed by atoms with Crippen LogP contribution in [0.2, 0.25) is 0 Å². The van der Waals surface area contributed by atoms with E-state index < -0.39 is 45.2 Å². The Labute approximate surface area is 201 Å². The van der Waals surface area contributed by atoms with E-state index >= 15 is 0 Å². The molecule has 9 heteroatoms. The van der Waals surface area contributed by atoms with Gasteiger partial charge in [0.25, 0.3) is 0 Å². The van der Waals surface area contributed by atoms with Gasteiger partial charge in [0, 0.05) is 0 Å². The maximum absolute atomic E-state index is 13.0. The van der Waals surface area contributed by atoms with Gasteiger partial charge in [-0.05, 0) is 25.7 Å². The normalized spacial score (nSPS) is 15.4. The molecule has 0 saturated heterocycles. The lowest BCUT2D eigenvalue weighted by Crippen LogP contribution is -2.59. The van der Waals surface area contributed by atoms with Gasteiger partial charge >= 0.3 is 23.9 Å². The van der Waals surface area contributed by atoms with Crippen LogP contribution in [0.1, 0.15) is 111 Å². The van der Waals surface area contributed by atoms with Gasteiger partial charge in [0.2, 0.25) is 0 Å². The lowest BCUT2D eigenvalue weighted by atomic mass is 9.66. The molecule has 0 aromatic rings. The van der Waals surface area contributed by atoms with Crippen molar-refractivity contribution < 1.29 is 39.6 Å². The van der Waals surface area contributed by atoms with Crippen LogP contribution in [0, 0.1) is 5.41 Å². The second-order valence-electron chi connectivity index (χ2n) is 8.91. The van der Waals surface area contributed by atoms with Gasteiger partial charge in [-0.1, -0.05) is 79.1 Å². The lowest BCUT2D eigenvalue weighted by molar-refractivity contribution is -0.162. The van der Waals surface area contributed by atoms with Crippen molar-refractivity contribution in [3.8, 4) is 0 Å². The number of carboxylic acid groups (broad SMARTS) is 4. The smallest absolute Gasteiger partial charge is 0.320 e. The van der Waals surface area contributed by atoms with Gasteiger partial charge in [0.05, 0.1) is 11.8 Å². The highest BCUT2D eigenvalue weighted by Crippen LogP contribution is 2.58. The number of unbranched alkanes of at least 4 members (excludes halogenated alkanes) is 4. The van der Waals surface area contributed by atoms with Crippen molar-refractivity contribution in [3.63, 3.8) is 0 Å². The molecule has 4 N–H and O–H groups in total. The first-order valence-corrected chi connectivity index (χ1v) is 12.9. The average Bonchev–Trinajstić information content (AvgIpc) is 2.74. The molecule has 33 heavy (non-hydrogen) atoms. The van der Waals surface area contributed by atoms with Crippen molar-refractivity contribution in [2.45, 2.75) is 121 Å². The number of thioether (sulfide) groups is 1. The Morgan fingerprint density at radius 1 is 0.606 bits per heavy atom. The van der Waals surface area contributed by atoms with Gasteiger partial charge in [-0.2, -0.15) is 0 Å². The van der Waals surface area contributed by atoms with Crippen molar-refractivity contribution in [2.75, 3.05) is 0 Å². The standard InChI is InChI=1S/C24H42O8S/c1-5-9-13-22(19(27)28,14-10-6-2)24(21(31)32,16-12-8-4)33-23(20(29)30,15-11-7-3)17-18(25)26/h5-17H2,1-4H3,(H,25,26)(H,27,28)(H,29,30)(H,31,32). The minimum atomic E-state index is -1.97. The molecule has 0 heterocycles. The fourth-order valence-electron chi connectivity index (χ4n) is 4.48. The van der Waals surface area contributed by atoms with Crippen molar-refractivity contribution in [3.05, 3.63) is 0 Å². The van der Waals surface area contributed by atoms with Crippen LogP contribution in [-0.2, 0) is 19.2 Å². The average molecular weight is 491 g/mol. The summed E-state index contributed by atoms with van der Waals surface area (Å²) in [5.41, 5.74) is -1.71. The molecule has 0 amide bonds. The van der Waals surface area contributed by atoms with Crippen LogP contribution in [0.3, 0.4) is 0 Å². The van der Waals surface area contributed by atoms with Crippen LogP contribution >= 0.6 is 11.8 Å². The molecular weight excluding hydrogens is 448 g/mol. The Morgan fingerprint density at radius 3 is 1.36 bits per heavy atom. The molecule has 0 aromatic carbocycles. The highest BCUT2D eigenvalue weighted by Gasteiger charge is 2.64. The van der Waals surface area contributed by atoms with Gasteiger partial charge in [-0.25, -0.2) is 0 Å². The largest absolute Gasteiger partial charge is 0.481 e. The molecular formula is C24H42O8S. The molecule has 0 aromatic heterocycles. The number of hydrogen-bond acceptors (Lipinski definition) is 5. The molecule has 0 bridgehead atoms. The zero-order chi connectivity index (χ0) is 25.7. The molecule has 2 atom stereocenters. The van der Waals surface area contributed by atoms with E-state index in [9.17, 15) is 39.6 Å². The molecule has 0 spiro atoms. The summed E-state index contributed by atoms with van der Waals surface area (Å²) in [6.45, 7) is 7.47. The monoisotopic (exact) mass is 490 g/mol. The first kappa shape index (κ1) is 31.2. The first-order valence-electron chi connectivity index (χ1n) is 12.1. The second kappa shape index (κ2) is 14.5. The van der Waals surface area contributed by atoms with Crippen LogP contribution in [0.4, 0.5) is 0 Å². The van der Waals surface area contributed by atoms with E-state index in [1.807, 2.05) is 27.7 Å². The zero-order valence-electron chi connectivity index (χ0n) is 20.5. The van der Waals surface area contributed by atoms with Crippen molar-refractivity contribution in [1.29, 1.82) is 0 Å². The molecule has 8 nitrogen and oxygen atoms in total. The summed E-state index contributed by atoms with van der Waals surface area (Å²) < 4.78 is -3.91. The second-order valence-corrected chi connectivity index (χ2v) is 10.6. The number of aliphatic carboxylic acids is 4. The minimum absolute atomic E-state index is 0.0377. The maximum Gasteiger partial charge on any atom is 0.320 e. The molecule has 0 rings (SSSR count). The Balaban J connectivity index is 7.18. The Morgan fingerprint density at radius 2 is 1.03 bits per heavy atom. The van der Waals surface area contributed by atoms with E-state index in [1.54, 1.807) is 0 Å². The molecule has 0 saturated carbocycles. The SMILES string of the molecule is CCCCC(CC(=O)O)(SC(CCCC)(C(=O)O)C(CCCC)(CCCC)C(=O)O)C(=O)O. The molecule has 192 valence electrons. The molecule has 0 fully saturated rings. The molecule has 0 aliphatic rings. The minimum Gasteiger partial charge on any atom is -0.481 e. The fourth-order valence-corrected chi connectivity index (χ4v) is 6.50. The predicted molar refractivity (Wildman–Crippen MR) is 129 cm³/mol. The number of rotatable bonds is 20. The van der Waals surface area contributed by atoms with Crippen molar-refractivity contribution in [1.82, 2.24) is 0 Å².